The van der Waals surface area contributed by atoms with Crippen LogP contribution in [0.1, 0.15) is 64.7 Å². The van der Waals surface area contributed by atoms with E-state index in [1.807, 2.05) is 19.2 Å². The molecule has 3 nitrogen and oxygen atoms in total. The van der Waals surface area contributed by atoms with Crippen LogP contribution in [0.3, 0.4) is 0 Å². The Morgan fingerprint density at radius 2 is 1.76 bits per heavy atom. The van der Waals surface area contributed by atoms with Gasteiger partial charge in [-0.25, -0.2) is 0 Å². The van der Waals surface area contributed by atoms with Crippen molar-refractivity contribution >= 4 is 0 Å². The van der Waals surface area contributed by atoms with Crippen LogP contribution in [0.25, 0.3) is 0 Å². The van der Waals surface area contributed by atoms with Crippen molar-refractivity contribution in [1.29, 1.82) is 0 Å². The second kappa shape index (κ2) is 14.4. The number of nitrogens with zero attached hydrogens (tertiary/aromatic N) is 2. The van der Waals surface area contributed by atoms with Crippen LogP contribution >= 0.6 is 0 Å². The van der Waals surface area contributed by atoms with Gasteiger partial charge in [0.05, 0.1) is 0 Å². The molecule has 1 aromatic carbocycles. The minimum absolute atomic E-state index is 0.288. The van der Waals surface area contributed by atoms with Crippen molar-refractivity contribution in [2.45, 2.75) is 73.9 Å². The molecule has 1 aliphatic heterocycles. The van der Waals surface area contributed by atoms with E-state index in [0.29, 0.717) is 11.5 Å². The van der Waals surface area contributed by atoms with Gasteiger partial charge in [0.2, 0.25) is 0 Å². The van der Waals surface area contributed by atoms with E-state index in [9.17, 15) is 0 Å². The summed E-state index contributed by atoms with van der Waals surface area (Å²) in [6.07, 6.45) is 6.09. The lowest BCUT2D eigenvalue weighted by atomic mass is 9.87. The molecule has 0 saturated carbocycles. The second-order valence-electron chi connectivity index (χ2n) is 11.6. The fraction of sp³-hybridized carbons (Fsp3) is 0.600. The summed E-state index contributed by atoms with van der Waals surface area (Å²) in [7, 11) is 6.19. The Balaban J connectivity index is 0.000000472. The molecule has 1 N–H and O–H groups in total. The van der Waals surface area contributed by atoms with E-state index >= 15 is 0 Å². The molecule has 33 heavy (non-hydrogen) atoms. The second-order valence-corrected chi connectivity index (χ2v) is 11.6. The summed E-state index contributed by atoms with van der Waals surface area (Å²) >= 11 is 0. The molecule has 3 heteroatoms. The van der Waals surface area contributed by atoms with Gasteiger partial charge in [-0.3, -0.25) is 0 Å². The molecule has 188 valence electrons. The first-order valence-corrected chi connectivity index (χ1v) is 12.2. The topological polar surface area (TPSA) is 18.5 Å². The Morgan fingerprint density at radius 1 is 1.15 bits per heavy atom. The Hall–Kier alpha value is -1.84. The number of likely N-dealkylation sites (N-methyl/N-ethyl adjacent to an activating group) is 3. The van der Waals surface area contributed by atoms with Gasteiger partial charge in [-0.2, -0.15) is 0 Å². The van der Waals surface area contributed by atoms with Gasteiger partial charge >= 0.3 is 0 Å². The molecule has 0 spiro atoms. The zero-order valence-corrected chi connectivity index (χ0v) is 23.5. The maximum atomic E-state index is 4.04. The third kappa shape index (κ3) is 13.5. The third-order valence-electron chi connectivity index (χ3n) is 5.72. The molecule has 0 saturated heterocycles. The Bertz CT molecular complexity index is 734. The lowest BCUT2D eigenvalue weighted by Crippen LogP contribution is -2.35. The van der Waals surface area contributed by atoms with Crippen molar-refractivity contribution < 1.29 is 0 Å². The molecule has 0 amide bonds. The van der Waals surface area contributed by atoms with Crippen LogP contribution in [-0.2, 0) is 13.0 Å². The minimum atomic E-state index is 0.288. The van der Waals surface area contributed by atoms with Crippen molar-refractivity contribution in [2.75, 3.05) is 34.2 Å². The van der Waals surface area contributed by atoms with Crippen LogP contribution in [-0.4, -0.2) is 50.1 Å². The molecule has 1 atom stereocenters. The lowest BCUT2D eigenvalue weighted by Gasteiger charge is -2.27. The summed E-state index contributed by atoms with van der Waals surface area (Å²) in [4.78, 5) is 4.51. The van der Waals surface area contributed by atoms with Crippen molar-refractivity contribution in [3.05, 3.63) is 72.5 Å². The molecule has 0 radical (unpaired) electrons. The highest BCUT2D eigenvalue weighted by molar-refractivity contribution is 5.33. The third-order valence-corrected chi connectivity index (χ3v) is 5.72. The van der Waals surface area contributed by atoms with Gasteiger partial charge in [-0.05, 0) is 55.8 Å². The molecule has 0 aliphatic carbocycles. The Morgan fingerprint density at radius 3 is 2.18 bits per heavy atom. The molecule has 1 aromatic rings. The number of hydrogen-bond acceptors (Lipinski definition) is 3. The molecule has 2 rings (SSSR count). The van der Waals surface area contributed by atoms with Gasteiger partial charge in [-0.15, -0.1) is 13.2 Å². The van der Waals surface area contributed by atoms with Gasteiger partial charge in [0.15, 0.2) is 0 Å². The fourth-order valence-electron chi connectivity index (χ4n) is 3.80. The van der Waals surface area contributed by atoms with Gasteiger partial charge in [-0.1, -0.05) is 84.0 Å². The maximum absolute atomic E-state index is 4.04. The summed E-state index contributed by atoms with van der Waals surface area (Å²) in [5, 5.41) is 3.17. The highest BCUT2D eigenvalue weighted by atomic mass is 15.1. The van der Waals surface area contributed by atoms with Crippen LogP contribution in [0.5, 0.6) is 0 Å². The lowest BCUT2D eigenvalue weighted by molar-refractivity contribution is 0.313. The largest absolute Gasteiger partial charge is 0.375 e. The van der Waals surface area contributed by atoms with Crippen LogP contribution < -0.4 is 5.32 Å². The first-order valence-electron chi connectivity index (χ1n) is 12.2. The van der Waals surface area contributed by atoms with Crippen molar-refractivity contribution in [1.82, 2.24) is 15.1 Å². The summed E-state index contributed by atoms with van der Waals surface area (Å²) < 4.78 is 0. The average molecular weight is 456 g/mol. The van der Waals surface area contributed by atoms with E-state index in [1.54, 1.807) is 5.56 Å². The maximum Gasteiger partial charge on any atom is 0.0350 e. The van der Waals surface area contributed by atoms with E-state index in [2.05, 4.69) is 116 Å². The van der Waals surface area contributed by atoms with Crippen LogP contribution in [0.15, 0.2) is 55.8 Å². The van der Waals surface area contributed by atoms with E-state index in [1.165, 1.54) is 29.8 Å². The van der Waals surface area contributed by atoms with E-state index in [-0.39, 0.29) is 5.41 Å². The number of nitrogens with one attached hydrogen (secondary N) is 1. The predicted octanol–water partition coefficient (Wildman–Crippen LogP) is 6.84. The normalized spacial score (nSPS) is 14.5. The number of rotatable bonds is 6. The molecule has 0 bridgehead atoms. The highest BCUT2D eigenvalue weighted by Crippen LogP contribution is 2.24. The quantitative estimate of drug-likeness (QED) is 0.474. The van der Waals surface area contributed by atoms with Gasteiger partial charge in [0.25, 0.3) is 0 Å². The SMILES string of the molecule is C=CC(NC)C(C)(C)C.C=CCN(C)C(=C)CC(C)(C)C.Cc1ccc2c(c1)CN(C)CC2. The number of fused-ring (bicyclic) bond motifs is 1. The van der Waals surface area contributed by atoms with Crippen LogP contribution in [0, 0.1) is 17.8 Å². The molecule has 1 heterocycles. The molecule has 0 aromatic heterocycles. The Labute approximate surface area is 206 Å². The predicted molar refractivity (Wildman–Crippen MR) is 150 cm³/mol. The molecular weight excluding hydrogens is 402 g/mol. The number of aryl methyl sites for hydroxylation is 1. The van der Waals surface area contributed by atoms with Gasteiger partial charge < -0.3 is 15.1 Å². The van der Waals surface area contributed by atoms with Crippen LogP contribution in [0.4, 0.5) is 0 Å². The average Bonchev–Trinajstić information content (AvgIpc) is 2.67. The minimum Gasteiger partial charge on any atom is -0.375 e. The summed E-state index contributed by atoms with van der Waals surface area (Å²) in [6, 6.07) is 7.21. The number of allylic oxidation sites excluding steroid dienone is 1. The Kier molecular flexibility index (Phi) is 13.6. The highest BCUT2D eigenvalue weighted by Gasteiger charge is 2.19. The zero-order chi connectivity index (χ0) is 25.8. The summed E-state index contributed by atoms with van der Waals surface area (Å²) in [5.74, 6) is 0. The first-order chi connectivity index (χ1) is 15.1. The fourth-order valence-corrected chi connectivity index (χ4v) is 3.80. The van der Waals surface area contributed by atoms with Crippen molar-refractivity contribution in [3.8, 4) is 0 Å². The molecular formula is C30H53N3. The number of hydrogen-bond donors (Lipinski definition) is 1. The number of benzene rings is 1. The first kappa shape index (κ1) is 31.2. The standard InChI is InChI=1S/C11H15N.C11H21N.C8H17N/c1-9-3-4-10-5-6-12(2)8-11(10)7-9;1-7-8-12(6)10(2)9-11(3,4)5;1-6-7(9-5)8(2,3)4/h3-4,7H,5-6,8H2,1-2H3;7H,1-2,8-9H2,3-6H3;6-7,9H,1H2,2-5H3. The van der Waals surface area contributed by atoms with Crippen LogP contribution in [0.2, 0.25) is 0 Å². The summed E-state index contributed by atoms with van der Waals surface area (Å²) in [6.45, 7) is 30.1. The molecule has 1 unspecified atom stereocenters. The monoisotopic (exact) mass is 455 g/mol. The van der Waals surface area contributed by atoms with Gasteiger partial charge in [0, 0.05) is 38.4 Å². The van der Waals surface area contributed by atoms with Crippen molar-refractivity contribution in [2.24, 2.45) is 10.8 Å². The summed E-state index contributed by atoms with van der Waals surface area (Å²) in [5.41, 5.74) is 6.23. The van der Waals surface area contributed by atoms with Crippen molar-refractivity contribution in [3.63, 3.8) is 0 Å². The molecule has 1 aliphatic rings. The van der Waals surface area contributed by atoms with Gasteiger partial charge in [0.1, 0.15) is 0 Å². The van der Waals surface area contributed by atoms with E-state index in [4.69, 9.17) is 0 Å². The molecule has 0 fully saturated rings. The zero-order valence-electron chi connectivity index (χ0n) is 23.5. The smallest absolute Gasteiger partial charge is 0.0350 e. The van der Waals surface area contributed by atoms with E-state index in [0.717, 1.165) is 19.5 Å². The van der Waals surface area contributed by atoms with E-state index < -0.39 is 0 Å².